The van der Waals surface area contributed by atoms with Crippen molar-refractivity contribution in [3.05, 3.63) is 0 Å². The van der Waals surface area contributed by atoms with Gasteiger partial charge in [0.05, 0.1) is 5.60 Å². The van der Waals surface area contributed by atoms with E-state index in [1.54, 1.807) is 4.72 Å². The summed E-state index contributed by atoms with van der Waals surface area (Å²) in [5.74, 6) is -3.16. The number of alkyl halides is 2. The number of nitrogens with one attached hydrogen (secondary N) is 1. The SMILES string of the molecule is CC1CCCC(O)(CNS(=O)(=O)C(F)F)C1. The monoisotopic (exact) mass is 257 g/mol. The van der Waals surface area contributed by atoms with Crippen LogP contribution >= 0.6 is 0 Å². The lowest BCUT2D eigenvalue weighted by molar-refractivity contribution is -0.00777. The van der Waals surface area contributed by atoms with Gasteiger partial charge in [-0.1, -0.05) is 19.8 Å². The van der Waals surface area contributed by atoms with E-state index in [1.807, 2.05) is 6.92 Å². The highest BCUT2D eigenvalue weighted by molar-refractivity contribution is 7.89. The second-order valence-electron chi connectivity index (χ2n) is 4.55. The molecule has 0 radical (unpaired) electrons. The maximum Gasteiger partial charge on any atom is 0.350 e. The molecule has 2 N–H and O–H groups in total. The molecule has 0 aromatic carbocycles. The van der Waals surface area contributed by atoms with Crippen LogP contribution in [0, 0.1) is 5.92 Å². The summed E-state index contributed by atoms with van der Waals surface area (Å²) in [6, 6.07) is 0. The summed E-state index contributed by atoms with van der Waals surface area (Å²) < 4.78 is 47.5. The quantitative estimate of drug-likeness (QED) is 0.791. The molecule has 0 bridgehead atoms. The van der Waals surface area contributed by atoms with E-state index >= 15 is 0 Å². The molecule has 0 aromatic heterocycles. The van der Waals surface area contributed by atoms with E-state index in [4.69, 9.17) is 0 Å². The van der Waals surface area contributed by atoms with Gasteiger partial charge in [-0.15, -0.1) is 0 Å². The van der Waals surface area contributed by atoms with Crippen molar-refractivity contribution in [3.8, 4) is 0 Å². The number of rotatable bonds is 4. The molecular formula is C9H17F2NO3S. The van der Waals surface area contributed by atoms with Crippen LogP contribution in [0.25, 0.3) is 0 Å². The number of sulfonamides is 1. The van der Waals surface area contributed by atoms with Crippen LogP contribution in [0.5, 0.6) is 0 Å². The predicted molar refractivity (Wildman–Crippen MR) is 55.5 cm³/mol. The first-order valence-electron chi connectivity index (χ1n) is 5.24. The molecule has 96 valence electrons. The lowest BCUT2D eigenvalue weighted by Crippen LogP contribution is -2.46. The highest BCUT2D eigenvalue weighted by atomic mass is 32.2. The highest BCUT2D eigenvalue weighted by Gasteiger charge is 2.35. The van der Waals surface area contributed by atoms with Crippen LogP contribution < -0.4 is 4.72 Å². The Bertz CT molecular complexity index is 334. The van der Waals surface area contributed by atoms with Gasteiger partial charge >= 0.3 is 5.76 Å². The molecule has 0 heterocycles. The number of aliphatic hydroxyl groups is 1. The van der Waals surface area contributed by atoms with Gasteiger partial charge in [0.15, 0.2) is 0 Å². The second kappa shape index (κ2) is 4.93. The molecule has 1 aliphatic rings. The fraction of sp³-hybridized carbons (Fsp3) is 1.00. The average molecular weight is 257 g/mol. The van der Waals surface area contributed by atoms with E-state index in [-0.39, 0.29) is 12.5 Å². The Morgan fingerprint density at radius 2 is 2.19 bits per heavy atom. The summed E-state index contributed by atoms with van der Waals surface area (Å²) >= 11 is 0. The molecule has 0 saturated heterocycles. The molecule has 0 aliphatic heterocycles. The summed E-state index contributed by atoms with van der Waals surface area (Å²) in [4.78, 5) is 0. The van der Waals surface area contributed by atoms with Crippen molar-refractivity contribution in [1.82, 2.24) is 4.72 Å². The molecule has 0 spiro atoms. The molecule has 1 saturated carbocycles. The van der Waals surface area contributed by atoms with E-state index in [2.05, 4.69) is 0 Å². The van der Waals surface area contributed by atoms with Crippen LogP contribution in [0.15, 0.2) is 0 Å². The molecule has 7 heteroatoms. The van der Waals surface area contributed by atoms with Gasteiger partial charge in [-0.25, -0.2) is 13.1 Å². The molecule has 4 nitrogen and oxygen atoms in total. The maximum atomic E-state index is 12.0. The van der Waals surface area contributed by atoms with Crippen LogP contribution in [-0.4, -0.2) is 31.4 Å². The van der Waals surface area contributed by atoms with Crippen LogP contribution in [0.1, 0.15) is 32.6 Å². The molecule has 2 atom stereocenters. The van der Waals surface area contributed by atoms with Crippen molar-refractivity contribution in [3.63, 3.8) is 0 Å². The molecule has 1 rings (SSSR count). The molecule has 16 heavy (non-hydrogen) atoms. The smallest absolute Gasteiger partial charge is 0.350 e. The Morgan fingerprint density at radius 1 is 1.56 bits per heavy atom. The Labute approximate surface area is 94.1 Å². The van der Waals surface area contributed by atoms with Crippen LogP contribution in [0.3, 0.4) is 0 Å². The Kier molecular flexibility index (Phi) is 4.25. The largest absolute Gasteiger partial charge is 0.389 e. The minimum Gasteiger partial charge on any atom is -0.389 e. The van der Waals surface area contributed by atoms with Gasteiger partial charge in [0, 0.05) is 6.54 Å². The van der Waals surface area contributed by atoms with Crippen LogP contribution in [-0.2, 0) is 10.0 Å². The molecule has 1 aliphatic carbocycles. The molecule has 0 amide bonds. The predicted octanol–water partition coefficient (Wildman–Crippen LogP) is 1.07. The number of hydrogen-bond acceptors (Lipinski definition) is 3. The van der Waals surface area contributed by atoms with Crippen molar-refractivity contribution in [2.24, 2.45) is 5.92 Å². The van der Waals surface area contributed by atoms with Gasteiger partial charge in [-0.3, -0.25) is 0 Å². The summed E-state index contributed by atoms with van der Waals surface area (Å²) in [7, 11) is -4.60. The summed E-state index contributed by atoms with van der Waals surface area (Å²) in [5.41, 5.74) is -1.18. The Hall–Kier alpha value is -0.270. The third kappa shape index (κ3) is 3.64. The van der Waals surface area contributed by atoms with Crippen molar-refractivity contribution < 1.29 is 22.3 Å². The van der Waals surface area contributed by atoms with Crippen LogP contribution in [0.4, 0.5) is 8.78 Å². The van der Waals surface area contributed by atoms with Gasteiger partial charge < -0.3 is 5.11 Å². The van der Waals surface area contributed by atoms with E-state index < -0.39 is 21.4 Å². The third-order valence-corrected chi connectivity index (χ3v) is 3.92. The number of hydrogen-bond donors (Lipinski definition) is 2. The van der Waals surface area contributed by atoms with E-state index in [1.165, 1.54) is 0 Å². The molecule has 0 aromatic rings. The van der Waals surface area contributed by atoms with Crippen molar-refractivity contribution in [2.75, 3.05) is 6.54 Å². The van der Waals surface area contributed by atoms with Gasteiger partial charge in [-0.2, -0.15) is 8.78 Å². The molecule has 2 unspecified atom stereocenters. The zero-order valence-corrected chi connectivity index (χ0v) is 9.93. The van der Waals surface area contributed by atoms with Gasteiger partial charge in [0.2, 0.25) is 0 Å². The summed E-state index contributed by atoms with van der Waals surface area (Å²) in [6.07, 6.45) is 2.65. The number of halogens is 2. The highest BCUT2D eigenvalue weighted by Crippen LogP contribution is 2.31. The first kappa shape index (κ1) is 13.8. The van der Waals surface area contributed by atoms with Gasteiger partial charge in [0.25, 0.3) is 10.0 Å². The normalized spacial score (nSPS) is 31.9. The van der Waals surface area contributed by atoms with Crippen molar-refractivity contribution in [2.45, 2.75) is 44.0 Å². The minimum absolute atomic E-state index is 0.287. The first-order chi connectivity index (χ1) is 7.25. The molecule has 1 fully saturated rings. The van der Waals surface area contributed by atoms with Crippen LogP contribution in [0.2, 0.25) is 0 Å². The van der Waals surface area contributed by atoms with Gasteiger partial charge in [0.1, 0.15) is 0 Å². The zero-order valence-electron chi connectivity index (χ0n) is 9.12. The van der Waals surface area contributed by atoms with E-state index in [0.29, 0.717) is 12.8 Å². The summed E-state index contributed by atoms with van der Waals surface area (Å²) in [5, 5.41) is 10.0. The fourth-order valence-corrected chi connectivity index (χ4v) is 2.69. The van der Waals surface area contributed by atoms with E-state index in [9.17, 15) is 22.3 Å². The Morgan fingerprint density at radius 3 is 2.69 bits per heavy atom. The fourth-order valence-electron chi connectivity index (χ4n) is 2.09. The minimum atomic E-state index is -4.60. The lowest BCUT2D eigenvalue weighted by Gasteiger charge is -2.35. The Balaban J connectivity index is 2.54. The van der Waals surface area contributed by atoms with E-state index in [0.717, 1.165) is 12.8 Å². The average Bonchev–Trinajstić information content (AvgIpc) is 2.14. The second-order valence-corrected chi connectivity index (χ2v) is 6.29. The van der Waals surface area contributed by atoms with Crippen molar-refractivity contribution >= 4 is 10.0 Å². The maximum absolute atomic E-state index is 12.0. The lowest BCUT2D eigenvalue weighted by atomic mass is 9.79. The zero-order chi connectivity index (χ0) is 12.4. The standard InChI is InChI=1S/C9H17F2NO3S/c1-7-3-2-4-9(13,5-7)6-12-16(14,15)8(10)11/h7-8,12-13H,2-6H2,1H3. The van der Waals surface area contributed by atoms with Gasteiger partial charge in [-0.05, 0) is 18.8 Å². The topological polar surface area (TPSA) is 66.4 Å². The van der Waals surface area contributed by atoms with Crippen molar-refractivity contribution in [1.29, 1.82) is 0 Å². The third-order valence-electron chi connectivity index (χ3n) is 2.90. The summed E-state index contributed by atoms with van der Waals surface area (Å²) in [6.45, 7) is 1.62. The molecular weight excluding hydrogens is 240 g/mol. The first-order valence-corrected chi connectivity index (χ1v) is 6.79.